The van der Waals surface area contributed by atoms with Crippen molar-refractivity contribution in [3.8, 4) is 0 Å². The van der Waals surface area contributed by atoms with Crippen LogP contribution in [0.1, 0.15) is 46.5 Å². The Balaban J connectivity index is 1.65. The topological polar surface area (TPSA) is 61.9 Å². The number of amides is 2. The molecular weight excluding hydrogens is 330 g/mol. The first-order valence-electron chi connectivity index (χ1n) is 9.49. The van der Waals surface area contributed by atoms with Crippen LogP contribution in [-0.2, 0) is 9.53 Å². The second kappa shape index (κ2) is 7.56. The molecule has 2 saturated heterocycles. The predicted molar refractivity (Wildman–Crippen MR) is 102 cm³/mol. The van der Waals surface area contributed by atoms with Crippen molar-refractivity contribution in [3.63, 3.8) is 0 Å². The lowest BCUT2D eigenvalue weighted by Crippen LogP contribution is -2.45. The van der Waals surface area contributed by atoms with Crippen LogP contribution in [0.25, 0.3) is 0 Å². The summed E-state index contributed by atoms with van der Waals surface area (Å²) in [7, 11) is 0. The molecule has 2 heterocycles. The van der Waals surface area contributed by atoms with E-state index in [1.165, 1.54) is 12.8 Å². The summed E-state index contributed by atoms with van der Waals surface area (Å²) in [6.45, 7) is 8.18. The van der Waals surface area contributed by atoms with Crippen molar-refractivity contribution in [1.82, 2.24) is 4.90 Å². The highest BCUT2D eigenvalue weighted by Gasteiger charge is 2.36. The molecule has 0 aliphatic carbocycles. The lowest BCUT2D eigenvalue weighted by molar-refractivity contribution is -0.120. The van der Waals surface area contributed by atoms with Crippen LogP contribution in [0.3, 0.4) is 0 Å². The van der Waals surface area contributed by atoms with Gasteiger partial charge in [-0.3, -0.25) is 9.69 Å². The van der Waals surface area contributed by atoms with E-state index in [-0.39, 0.29) is 5.91 Å². The number of rotatable bonds is 3. The molecule has 1 aromatic rings. The summed E-state index contributed by atoms with van der Waals surface area (Å²) in [5, 5.41) is 2.98. The molecule has 142 valence electrons. The molecule has 2 aliphatic heterocycles. The van der Waals surface area contributed by atoms with Gasteiger partial charge in [-0.15, -0.1) is 0 Å². The van der Waals surface area contributed by atoms with E-state index < -0.39 is 17.7 Å². The van der Waals surface area contributed by atoms with Crippen molar-refractivity contribution < 1.29 is 14.3 Å². The van der Waals surface area contributed by atoms with E-state index in [9.17, 15) is 9.59 Å². The first-order chi connectivity index (χ1) is 12.3. The SMILES string of the molecule is CC(C)(C)OC(=O)N1CCCC1C(=O)Nc1cccc(N2CCCC2)c1. The molecule has 0 aromatic heterocycles. The molecule has 0 bridgehead atoms. The molecule has 1 N–H and O–H groups in total. The van der Waals surface area contributed by atoms with Crippen molar-refractivity contribution in [1.29, 1.82) is 0 Å². The van der Waals surface area contributed by atoms with Gasteiger partial charge in [-0.05, 0) is 64.7 Å². The standard InChI is InChI=1S/C20H29N3O3/c1-20(2,3)26-19(25)23-13-7-10-17(23)18(24)21-15-8-6-9-16(14-15)22-11-4-5-12-22/h6,8-9,14,17H,4-5,7,10-13H2,1-3H3,(H,21,24). The molecule has 0 spiro atoms. The number of nitrogens with one attached hydrogen (secondary N) is 1. The molecule has 0 saturated carbocycles. The number of anilines is 2. The molecule has 2 aliphatic rings. The summed E-state index contributed by atoms with van der Waals surface area (Å²) in [4.78, 5) is 29.0. The van der Waals surface area contributed by atoms with Crippen LogP contribution >= 0.6 is 0 Å². The highest BCUT2D eigenvalue weighted by atomic mass is 16.6. The summed E-state index contributed by atoms with van der Waals surface area (Å²) in [5.41, 5.74) is 1.34. The fourth-order valence-electron chi connectivity index (χ4n) is 3.56. The van der Waals surface area contributed by atoms with E-state index in [0.717, 1.165) is 30.9 Å². The first kappa shape index (κ1) is 18.5. The van der Waals surface area contributed by atoms with Crippen molar-refractivity contribution in [2.45, 2.75) is 58.1 Å². The Morgan fingerprint density at radius 1 is 1.12 bits per heavy atom. The molecule has 3 rings (SSSR count). The van der Waals surface area contributed by atoms with Gasteiger partial charge in [-0.2, -0.15) is 0 Å². The van der Waals surface area contributed by atoms with Gasteiger partial charge in [0.15, 0.2) is 0 Å². The zero-order chi connectivity index (χ0) is 18.7. The Morgan fingerprint density at radius 3 is 2.54 bits per heavy atom. The maximum Gasteiger partial charge on any atom is 0.410 e. The largest absolute Gasteiger partial charge is 0.444 e. The highest BCUT2D eigenvalue weighted by molar-refractivity contribution is 5.97. The number of nitrogens with zero attached hydrogens (tertiary/aromatic N) is 2. The Kier molecular flexibility index (Phi) is 5.39. The summed E-state index contributed by atoms with van der Waals surface area (Å²) in [6, 6.07) is 7.47. The van der Waals surface area contributed by atoms with Crippen molar-refractivity contribution >= 4 is 23.4 Å². The predicted octanol–water partition coefficient (Wildman–Crippen LogP) is 3.62. The number of likely N-dealkylation sites (tertiary alicyclic amines) is 1. The summed E-state index contributed by atoms with van der Waals surface area (Å²) in [6.07, 6.45) is 3.48. The van der Waals surface area contributed by atoms with Crippen molar-refractivity contribution in [3.05, 3.63) is 24.3 Å². The zero-order valence-electron chi connectivity index (χ0n) is 16.0. The van der Waals surface area contributed by atoms with Crippen LogP contribution in [0.5, 0.6) is 0 Å². The smallest absolute Gasteiger partial charge is 0.410 e. The fourth-order valence-corrected chi connectivity index (χ4v) is 3.56. The van der Waals surface area contributed by atoms with E-state index in [2.05, 4.69) is 16.3 Å². The Labute approximate surface area is 155 Å². The number of hydrogen-bond acceptors (Lipinski definition) is 4. The lowest BCUT2D eigenvalue weighted by atomic mass is 10.2. The van der Waals surface area contributed by atoms with E-state index in [0.29, 0.717) is 13.0 Å². The Morgan fingerprint density at radius 2 is 1.85 bits per heavy atom. The van der Waals surface area contributed by atoms with Crippen LogP contribution in [0.4, 0.5) is 16.2 Å². The second-order valence-corrected chi connectivity index (χ2v) is 8.07. The molecule has 2 amide bonds. The van der Waals surface area contributed by atoms with Crippen LogP contribution < -0.4 is 10.2 Å². The van der Waals surface area contributed by atoms with Gasteiger partial charge < -0.3 is 15.0 Å². The normalized spacial score (nSPS) is 20.3. The average Bonchev–Trinajstić information content (AvgIpc) is 3.25. The van der Waals surface area contributed by atoms with Gasteiger partial charge in [0.2, 0.25) is 5.91 Å². The third kappa shape index (κ3) is 4.48. The lowest BCUT2D eigenvalue weighted by Gasteiger charge is -2.28. The van der Waals surface area contributed by atoms with Crippen LogP contribution in [0, 0.1) is 0 Å². The molecule has 1 unspecified atom stereocenters. The van der Waals surface area contributed by atoms with E-state index in [1.807, 2.05) is 39.0 Å². The number of carbonyl (C=O) groups is 2. The third-order valence-corrected chi connectivity index (χ3v) is 4.77. The number of carbonyl (C=O) groups excluding carboxylic acids is 2. The fraction of sp³-hybridized carbons (Fsp3) is 0.600. The average molecular weight is 359 g/mol. The maximum absolute atomic E-state index is 12.8. The molecule has 0 radical (unpaired) electrons. The molecule has 1 aromatic carbocycles. The second-order valence-electron chi connectivity index (χ2n) is 8.07. The van der Waals surface area contributed by atoms with Crippen LogP contribution in [-0.4, -0.2) is 48.2 Å². The molecular formula is C20H29N3O3. The van der Waals surface area contributed by atoms with Gasteiger partial charge in [-0.25, -0.2) is 4.79 Å². The van der Waals surface area contributed by atoms with Gasteiger partial charge in [0.05, 0.1) is 0 Å². The monoisotopic (exact) mass is 359 g/mol. The third-order valence-electron chi connectivity index (χ3n) is 4.77. The Bertz CT molecular complexity index is 663. The van der Waals surface area contributed by atoms with E-state index in [4.69, 9.17) is 4.74 Å². The van der Waals surface area contributed by atoms with Gasteiger partial charge >= 0.3 is 6.09 Å². The quantitative estimate of drug-likeness (QED) is 0.895. The van der Waals surface area contributed by atoms with Gasteiger partial charge in [0.1, 0.15) is 11.6 Å². The van der Waals surface area contributed by atoms with E-state index >= 15 is 0 Å². The van der Waals surface area contributed by atoms with Gasteiger partial charge in [-0.1, -0.05) is 6.07 Å². The van der Waals surface area contributed by atoms with Crippen LogP contribution in [0.15, 0.2) is 24.3 Å². The molecule has 2 fully saturated rings. The minimum Gasteiger partial charge on any atom is -0.444 e. The van der Waals surface area contributed by atoms with Crippen molar-refractivity contribution in [2.75, 3.05) is 29.9 Å². The summed E-state index contributed by atoms with van der Waals surface area (Å²) in [5.74, 6) is -0.146. The summed E-state index contributed by atoms with van der Waals surface area (Å²) >= 11 is 0. The van der Waals surface area contributed by atoms with E-state index in [1.54, 1.807) is 4.90 Å². The highest BCUT2D eigenvalue weighted by Crippen LogP contribution is 2.25. The number of ether oxygens (including phenoxy) is 1. The number of benzene rings is 1. The van der Waals surface area contributed by atoms with Gasteiger partial charge in [0.25, 0.3) is 0 Å². The molecule has 6 heteroatoms. The maximum atomic E-state index is 12.8. The van der Waals surface area contributed by atoms with Crippen LogP contribution in [0.2, 0.25) is 0 Å². The molecule has 6 nitrogen and oxygen atoms in total. The van der Waals surface area contributed by atoms with Crippen molar-refractivity contribution in [2.24, 2.45) is 0 Å². The first-order valence-corrected chi connectivity index (χ1v) is 9.49. The Hall–Kier alpha value is -2.24. The minimum atomic E-state index is -0.565. The van der Waals surface area contributed by atoms with Gasteiger partial charge in [0, 0.05) is 31.0 Å². The zero-order valence-corrected chi connectivity index (χ0v) is 16.0. The summed E-state index contributed by atoms with van der Waals surface area (Å²) < 4.78 is 5.44. The number of hydrogen-bond donors (Lipinski definition) is 1. The molecule has 1 atom stereocenters. The molecule has 26 heavy (non-hydrogen) atoms. The minimum absolute atomic E-state index is 0.146.